The summed E-state index contributed by atoms with van der Waals surface area (Å²) in [5, 5.41) is 4.79. The lowest BCUT2D eigenvalue weighted by molar-refractivity contribution is 0.245. The van der Waals surface area contributed by atoms with Gasteiger partial charge in [0.15, 0.2) is 0 Å². The summed E-state index contributed by atoms with van der Waals surface area (Å²) in [4.78, 5) is 0. The molecule has 3 nitrogen and oxygen atoms in total. The van der Waals surface area contributed by atoms with Crippen molar-refractivity contribution >= 4 is 10.9 Å². The van der Waals surface area contributed by atoms with Gasteiger partial charge in [-0.15, -0.1) is 0 Å². The van der Waals surface area contributed by atoms with Crippen molar-refractivity contribution in [3.05, 3.63) is 30.5 Å². The van der Waals surface area contributed by atoms with Gasteiger partial charge in [0.1, 0.15) is 5.75 Å². The number of fused-ring (bicyclic) bond motifs is 1. The predicted molar refractivity (Wildman–Crippen MR) is 83.3 cm³/mol. The second kappa shape index (κ2) is 5.88. The standard InChI is InChI=1S/C17H24N2O/c1-13(2)20-17-6-3-5-16-15(17)9-12-19(16)11-4-10-18-14-7-8-14/h3,5-6,9,12-14,18H,4,7-8,10-11H2,1-2H3. The molecule has 0 atom stereocenters. The lowest BCUT2D eigenvalue weighted by Gasteiger charge is -2.11. The van der Waals surface area contributed by atoms with Crippen molar-refractivity contribution in [3.63, 3.8) is 0 Å². The van der Waals surface area contributed by atoms with Gasteiger partial charge >= 0.3 is 0 Å². The highest BCUT2D eigenvalue weighted by Gasteiger charge is 2.19. The number of ether oxygens (including phenoxy) is 1. The molecule has 3 rings (SSSR count). The molecule has 1 aromatic heterocycles. The van der Waals surface area contributed by atoms with Crippen LogP contribution < -0.4 is 10.1 Å². The van der Waals surface area contributed by atoms with Gasteiger partial charge in [0.2, 0.25) is 0 Å². The Morgan fingerprint density at radius 1 is 1.30 bits per heavy atom. The molecule has 0 unspecified atom stereocenters. The molecular weight excluding hydrogens is 248 g/mol. The van der Waals surface area contributed by atoms with Gasteiger partial charge in [-0.1, -0.05) is 6.07 Å². The molecule has 1 N–H and O–H groups in total. The van der Waals surface area contributed by atoms with Crippen LogP contribution in [0.3, 0.4) is 0 Å². The SMILES string of the molecule is CC(C)Oc1cccc2c1ccn2CCCNC1CC1. The maximum Gasteiger partial charge on any atom is 0.129 e. The Morgan fingerprint density at radius 3 is 2.90 bits per heavy atom. The van der Waals surface area contributed by atoms with E-state index in [2.05, 4.69) is 54.2 Å². The van der Waals surface area contributed by atoms with Crippen molar-refractivity contribution in [1.82, 2.24) is 9.88 Å². The van der Waals surface area contributed by atoms with Gasteiger partial charge in [-0.05, 0) is 57.9 Å². The molecule has 1 fully saturated rings. The molecule has 1 aliphatic carbocycles. The molecule has 0 bridgehead atoms. The van der Waals surface area contributed by atoms with Crippen LogP contribution in [-0.4, -0.2) is 23.3 Å². The van der Waals surface area contributed by atoms with Crippen LogP contribution >= 0.6 is 0 Å². The second-order valence-electron chi connectivity index (χ2n) is 5.95. The summed E-state index contributed by atoms with van der Waals surface area (Å²) >= 11 is 0. The van der Waals surface area contributed by atoms with Crippen molar-refractivity contribution in [2.24, 2.45) is 0 Å². The molecule has 108 valence electrons. The number of nitrogens with zero attached hydrogens (tertiary/aromatic N) is 1. The van der Waals surface area contributed by atoms with Crippen LogP contribution in [0.15, 0.2) is 30.5 Å². The molecule has 1 aromatic carbocycles. The van der Waals surface area contributed by atoms with E-state index >= 15 is 0 Å². The van der Waals surface area contributed by atoms with Crippen molar-refractivity contribution in [1.29, 1.82) is 0 Å². The quantitative estimate of drug-likeness (QED) is 0.780. The summed E-state index contributed by atoms with van der Waals surface area (Å²) in [7, 11) is 0. The third kappa shape index (κ3) is 3.15. The minimum absolute atomic E-state index is 0.215. The Kier molecular flexibility index (Phi) is 3.97. The topological polar surface area (TPSA) is 26.2 Å². The van der Waals surface area contributed by atoms with Gasteiger partial charge < -0.3 is 14.6 Å². The summed E-state index contributed by atoms with van der Waals surface area (Å²) in [5.41, 5.74) is 1.27. The van der Waals surface area contributed by atoms with Gasteiger partial charge in [-0.2, -0.15) is 0 Å². The fourth-order valence-corrected chi connectivity index (χ4v) is 2.59. The molecule has 0 saturated heterocycles. The molecule has 0 aliphatic heterocycles. The predicted octanol–water partition coefficient (Wildman–Crippen LogP) is 3.57. The third-order valence-corrected chi connectivity index (χ3v) is 3.72. The molecular formula is C17H24N2O. The first-order valence-corrected chi connectivity index (χ1v) is 7.72. The van der Waals surface area contributed by atoms with E-state index < -0.39 is 0 Å². The molecule has 2 aromatic rings. The average molecular weight is 272 g/mol. The maximum atomic E-state index is 5.88. The number of hydrogen-bond acceptors (Lipinski definition) is 2. The van der Waals surface area contributed by atoms with Gasteiger partial charge in [0.25, 0.3) is 0 Å². The zero-order valence-corrected chi connectivity index (χ0v) is 12.4. The third-order valence-electron chi connectivity index (χ3n) is 3.72. The van der Waals surface area contributed by atoms with E-state index in [0.29, 0.717) is 0 Å². The number of hydrogen-bond donors (Lipinski definition) is 1. The number of benzene rings is 1. The first-order chi connectivity index (χ1) is 9.74. The molecule has 0 radical (unpaired) electrons. The van der Waals surface area contributed by atoms with E-state index in [1.807, 2.05) is 0 Å². The largest absolute Gasteiger partial charge is 0.490 e. The number of aromatic nitrogens is 1. The van der Waals surface area contributed by atoms with Crippen LogP contribution in [0.5, 0.6) is 5.75 Å². The highest BCUT2D eigenvalue weighted by atomic mass is 16.5. The van der Waals surface area contributed by atoms with Crippen molar-refractivity contribution < 1.29 is 4.74 Å². The Balaban J connectivity index is 1.68. The summed E-state index contributed by atoms with van der Waals surface area (Å²) in [6.45, 7) is 6.32. The fraction of sp³-hybridized carbons (Fsp3) is 0.529. The molecule has 1 aliphatic rings. The smallest absolute Gasteiger partial charge is 0.129 e. The van der Waals surface area contributed by atoms with Crippen LogP contribution in [0, 0.1) is 0 Å². The normalized spacial score (nSPS) is 15.2. The highest BCUT2D eigenvalue weighted by molar-refractivity contribution is 5.86. The number of aryl methyl sites for hydroxylation is 1. The second-order valence-corrected chi connectivity index (χ2v) is 5.95. The zero-order chi connectivity index (χ0) is 13.9. The molecule has 0 spiro atoms. The van der Waals surface area contributed by atoms with Crippen LogP contribution in [0.1, 0.15) is 33.1 Å². The highest BCUT2D eigenvalue weighted by Crippen LogP contribution is 2.27. The maximum absolute atomic E-state index is 5.88. The summed E-state index contributed by atoms with van der Waals surface area (Å²) in [5.74, 6) is 0.993. The minimum Gasteiger partial charge on any atom is -0.490 e. The average Bonchev–Trinajstić information content (AvgIpc) is 3.14. The summed E-state index contributed by atoms with van der Waals surface area (Å²) in [6.07, 6.45) is 6.29. The van der Waals surface area contributed by atoms with Crippen molar-refractivity contribution in [3.8, 4) is 5.75 Å². The molecule has 1 heterocycles. The van der Waals surface area contributed by atoms with E-state index in [1.165, 1.54) is 30.2 Å². The molecule has 20 heavy (non-hydrogen) atoms. The Labute approximate surface area is 120 Å². The van der Waals surface area contributed by atoms with Crippen LogP contribution in [0.4, 0.5) is 0 Å². The van der Waals surface area contributed by atoms with E-state index in [4.69, 9.17) is 4.74 Å². The van der Waals surface area contributed by atoms with E-state index in [9.17, 15) is 0 Å². The van der Waals surface area contributed by atoms with E-state index in [1.54, 1.807) is 0 Å². The molecule has 3 heteroatoms. The Bertz CT molecular complexity index is 569. The van der Waals surface area contributed by atoms with Crippen molar-refractivity contribution in [2.75, 3.05) is 6.54 Å². The van der Waals surface area contributed by atoms with Crippen LogP contribution in [-0.2, 0) is 6.54 Å². The van der Waals surface area contributed by atoms with Gasteiger partial charge in [0.05, 0.1) is 11.6 Å². The van der Waals surface area contributed by atoms with Gasteiger partial charge in [0, 0.05) is 24.2 Å². The van der Waals surface area contributed by atoms with Crippen molar-refractivity contribution in [2.45, 2.75) is 51.8 Å². The van der Waals surface area contributed by atoms with Crippen LogP contribution in [0.25, 0.3) is 10.9 Å². The Hall–Kier alpha value is -1.48. The molecule has 0 amide bonds. The lowest BCUT2D eigenvalue weighted by Crippen LogP contribution is -2.18. The zero-order valence-electron chi connectivity index (χ0n) is 12.4. The number of nitrogens with one attached hydrogen (secondary N) is 1. The van der Waals surface area contributed by atoms with E-state index in [0.717, 1.165) is 24.9 Å². The first kappa shape index (κ1) is 13.5. The number of rotatable bonds is 7. The van der Waals surface area contributed by atoms with Crippen LogP contribution in [0.2, 0.25) is 0 Å². The van der Waals surface area contributed by atoms with Gasteiger partial charge in [-0.3, -0.25) is 0 Å². The minimum atomic E-state index is 0.215. The Morgan fingerprint density at radius 2 is 2.15 bits per heavy atom. The van der Waals surface area contributed by atoms with Gasteiger partial charge in [-0.25, -0.2) is 0 Å². The van der Waals surface area contributed by atoms with E-state index in [-0.39, 0.29) is 6.10 Å². The monoisotopic (exact) mass is 272 g/mol. The summed E-state index contributed by atoms with van der Waals surface area (Å²) in [6, 6.07) is 9.29. The first-order valence-electron chi connectivity index (χ1n) is 7.72. The molecule has 1 saturated carbocycles. The summed E-state index contributed by atoms with van der Waals surface area (Å²) < 4.78 is 8.21. The fourth-order valence-electron chi connectivity index (χ4n) is 2.59. The lowest BCUT2D eigenvalue weighted by atomic mass is 10.2.